The largest absolute Gasteiger partial charge is 0.493 e. The molecule has 1 aromatic rings. The van der Waals surface area contributed by atoms with Gasteiger partial charge in [0.05, 0.1) is 6.61 Å². The second kappa shape index (κ2) is 8.18. The van der Waals surface area contributed by atoms with Crippen LogP contribution in [0, 0.1) is 0 Å². The van der Waals surface area contributed by atoms with Crippen molar-refractivity contribution in [3.8, 4) is 5.75 Å². The molecule has 0 bridgehead atoms. The van der Waals surface area contributed by atoms with Gasteiger partial charge >= 0.3 is 0 Å². The number of hydrogen-bond acceptors (Lipinski definition) is 3. The summed E-state index contributed by atoms with van der Waals surface area (Å²) < 4.78 is 5.82. The summed E-state index contributed by atoms with van der Waals surface area (Å²) in [6.45, 7) is 5.96. The molecule has 0 amide bonds. The van der Waals surface area contributed by atoms with E-state index in [0.717, 1.165) is 38.2 Å². The van der Waals surface area contributed by atoms with Gasteiger partial charge in [0.1, 0.15) is 5.75 Å². The van der Waals surface area contributed by atoms with Crippen LogP contribution in [0.5, 0.6) is 5.75 Å². The van der Waals surface area contributed by atoms with E-state index >= 15 is 0 Å². The Bertz CT molecular complexity index is 377. The summed E-state index contributed by atoms with van der Waals surface area (Å²) in [5.41, 5.74) is 8.64. The van der Waals surface area contributed by atoms with Crippen molar-refractivity contribution < 1.29 is 4.74 Å². The summed E-state index contributed by atoms with van der Waals surface area (Å²) in [5, 5.41) is 0. The van der Waals surface area contributed by atoms with Crippen LogP contribution < -0.4 is 10.5 Å². The average molecular weight is 264 g/mol. The number of benzene rings is 1. The fourth-order valence-electron chi connectivity index (χ4n) is 2.04. The maximum atomic E-state index is 6.09. The zero-order valence-corrected chi connectivity index (χ0v) is 12.8. The van der Waals surface area contributed by atoms with E-state index in [9.17, 15) is 0 Å². The van der Waals surface area contributed by atoms with Gasteiger partial charge in [-0.25, -0.2) is 0 Å². The molecule has 0 saturated heterocycles. The SMILES string of the molecule is CCCOc1ccc(CN(C)C)cc1CC(N)CC. The molecule has 1 rings (SSSR count). The van der Waals surface area contributed by atoms with Crippen LogP contribution in [-0.4, -0.2) is 31.6 Å². The third kappa shape index (κ3) is 5.62. The molecule has 3 nitrogen and oxygen atoms in total. The maximum Gasteiger partial charge on any atom is 0.122 e. The predicted molar refractivity (Wildman–Crippen MR) is 81.6 cm³/mol. The fourth-order valence-corrected chi connectivity index (χ4v) is 2.04. The average Bonchev–Trinajstić information content (AvgIpc) is 2.37. The van der Waals surface area contributed by atoms with Gasteiger partial charge < -0.3 is 15.4 Å². The lowest BCUT2D eigenvalue weighted by Crippen LogP contribution is -2.22. The molecule has 1 aromatic carbocycles. The van der Waals surface area contributed by atoms with Crippen molar-refractivity contribution in [1.29, 1.82) is 0 Å². The van der Waals surface area contributed by atoms with Crippen LogP contribution in [0.25, 0.3) is 0 Å². The highest BCUT2D eigenvalue weighted by Gasteiger charge is 2.09. The minimum absolute atomic E-state index is 0.207. The van der Waals surface area contributed by atoms with Gasteiger partial charge in [-0.3, -0.25) is 0 Å². The van der Waals surface area contributed by atoms with E-state index in [0.29, 0.717) is 0 Å². The standard InChI is InChI=1S/C16H28N2O/c1-5-9-19-16-8-7-13(12-18(3)4)10-14(16)11-15(17)6-2/h7-8,10,15H,5-6,9,11-12,17H2,1-4H3. The van der Waals surface area contributed by atoms with Crippen LogP contribution in [-0.2, 0) is 13.0 Å². The minimum atomic E-state index is 0.207. The highest BCUT2D eigenvalue weighted by molar-refractivity contribution is 5.38. The number of nitrogens with two attached hydrogens (primary N) is 1. The number of ether oxygens (including phenoxy) is 1. The molecular formula is C16H28N2O. The first-order chi connectivity index (χ1) is 9.06. The third-order valence-corrected chi connectivity index (χ3v) is 3.09. The molecule has 0 fully saturated rings. The topological polar surface area (TPSA) is 38.5 Å². The van der Waals surface area contributed by atoms with Crippen molar-refractivity contribution in [2.24, 2.45) is 5.73 Å². The van der Waals surface area contributed by atoms with Crippen LogP contribution in [0.3, 0.4) is 0 Å². The maximum absolute atomic E-state index is 6.09. The molecule has 2 N–H and O–H groups in total. The molecule has 0 spiro atoms. The van der Waals surface area contributed by atoms with Gasteiger partial charge in [-0.2, -0.15) is 0 Å². The quantitative estimate of drug-likeness (QED) is 0.784. The predicted octanol–water partition coefficient (Wildman–Crippen LogP) is 2.82. The lowest BCUT2D eigenvalue weighted by atomic mass is 10.0. The minimum Gasteiger partial charge on any atom is -0.493 e. The van der Waals surface area contributed by atoms with Gasteiger partial charge in [0.15, 0.2) is 0 Å². The first-order valence-electron chi connectivity index (χ1n) is 7.21. The molecule has 0 aromatic heterocycles. The molecule has 0 aliphatic heterocycles. The van der Waals surface area contributed by atoms with Gasteiger partial charge in [0.25, 0.3) is 0 Å². The second-order valence-electron chi connectivity index (χ2n) is 5.40. The van der Waals surface area contributed by atoms with Gasteiger partial charge in [-0.1, -0.05) is 26.0 Å². The zero-order valence-electron chi connectivity index (χ0n) is 12.8. The van der Waals surface area contributed by atoms with Gasteiger partial charge in [-0.15, -0.1) is 0 Å². The van der Waals surface area contributed by atoms with Crippen molar-refractivity contribution in [3.63, 3.8) is 0 Å². The molecule has 0 saturated carbocycles. The summed E-state index contributed by atoms with van der Waals surface area (Å²) in [6.07, 6.45) is 2.90. The Morgan fingerprint density at radius 1 is 1.26 bits per heavy atom. The van der Waals surface area contributed by atoms with E-state index in [4.69, 9.17) is 10.5 Å². The highest BCUT2D eigenvalue weighted by Crippen LogP contribution is 2.23. The van der Waals surface area contributed by atoms with Crippen LogP contribution in [0.2, 0.25) is 0 Å². The molecule has 1 atom stereocenters. The molecule has 19 heavy (non-hydrogen) atoms. The summed E-state index contributed by atoms with van der Waals surface area (Å²) in [7, 11) is 4.16. The van der Waals surface area contributed by atoms with Gasteiger partial charge in [0, 0.05) is 12.6 Å². The second-order valence-corrected chi connectivity index (χ2v) is 5.40. The summed E-state index contributed by atoms with van der Waals surface area (Å²) in [6, 6.07) is 6.68. The lowest BCUT2D eigenvalue weighted by molar-refractivity contribution is 0.313. The Morgan fingerprint density at radius 3 is 2.58 bits per heavy atom. The van der Waals surface area contributed by atoms with Crippen LogP contribution in [0.1, 0.15) is 37.8 Å². The Morgan fingerprint density at radius 2 is 2.00 bits per heavy atom. The molecule has 3 heteroatoms. The Labute approximate surface area is 117 Å². The van der Waals surface area contributed by atoms with Gasteiger partial charge in [0.2, 0.25) is 0 Å². The fraction of sp³-hybridized carbons (Fsp3) is 0.625. The van der Waals surface area contributed by atoms with Crippen LogP contribution in [0.4, 0.5) is 0 Å². The van der Waals surface area contributed by atoms with Crippen molar-refractivity contribution >= 4 is 0 Å². The van der Waals surface area contributed by atoms with Crippen molar-refractivity contribution in [2.45, 2.75) is 45.7 Å². The Kier molecular flexibility index (Phi) is 6.89. The van der Waals surface area contributed by atoms with Crippen LogP contribution in [0.15, 0.2) is 18.2 Å². The Balaban J connectivity index is 2.89. The molecule has 0 radical (unpaired) electrons. The monoisotopic (exact) mass is 264 g/mol. The first-order valence-corrected chi connectivity index (χ1v) is 7.21. The van der Waals surface area contributed by atoms with E-state index in [-0.39, 0.29) is 6.04 Å². The van der Waals surface area contributed by atoms with E-state index in [1.807, 2.05) is 0 Å². The van der Waals surface area contributed by atoms with E-state index in [1.54, 1.807) is 0 Å². The zero-order chi connectivity index (χ0) is 14.3. The van der Waals surface area contributed by atoms with Crippen molar-refractivity contribution in [2.75, 3.05) is 20.7 Å². The molecule has 1 unspecified atom stereocenters. The van der Waals surface area contributed by atoms with Gasteiger partial charge in [-0.05, 0) is 50.6 Å². The smallest absolute Gasteiger partial charge is 0.122 e. The molecule has 0 aliphatic rings. The molecule has 108 valence electrons. The van der Waals surface area contributed by atoms with Crippen LogP contribution >= 0.6 is 0 Å². The number of rotatable bonds is 8. The summed E-state index contributed by atoms with van der Waals surface area (Å²) in [5.74, 6) is 0.994. The molecule has 0 heterocycles. The Hall–Kier alpha value is -1.06. The van der Waals surface area contributed by atoms with E-state index < -0.39 is 0 Å². The molecule has 0 aliphatic carbocycles. The normalized spacial score (nSPS) is 12.7. The first kappa shape index (κ1) is 16.0. The van der Waals surface area contributed by atoms with E-state index in [1.165, 1.54) is 11.1 Å². The lowest BCUT2D eigenvalue weighted by Gasteiger charge is -2.17. The van der Waals surface area contributed by atoms with Crippen molar-refractivity contribution in [3.05, 3.63) is 29.3 Å². The molecular weight excluding hydrogens is 236 g/mol. The number of nitrogens with zero attached hydrogens (tertiary/aromatic N) is 1. The van der Waals surface area contributed by atoms with Crippen molar-refractivity contribution in [1.82, 2.24) is 4.90 Å². The number of hydrogen-bond donors (Lipinski definition) is 1. The summed E-state index contributed by atoms with van der Waals surface area (Å²) in [4.78, 5) is 2.17. The summed E-state index contributed by atoms with van der Waals surface area (Å²) >= 11 is 0. The highest BCUT2D eigenvalue weighted by atomic mass is 16.5. The third-order valence-electron chi connectivity index (χ3n) is 3.09. The van der Waals surface area contributed by atoms with E-state index in [2.05, 4.69) is 51.0 Å².